The molecule has 3 aliphatic heterocycles. The number of carbonyl (C=O) groups is 1. The lowest BCUT2D eigenvalue weighted by Gasteiger charge is -2.31. The van der Waals surface area contributed by atoms with Crippen LogP contribution < -0.4 is 0 Å². The number of piperidine rings is 2. The summed E-state index contributed by atoms with van der Waals surface area (Å²) in [7, 11) is -5.73. The van der Waals surface area contributed by atoms with E-state index in [0.717, 1.165) is 110 Å². The normalized spacial score (nSPS) is 17.3. The van der Waals surface area contributed by atoms with Crippen molar-refractivity contribution in [3.8, 4) is 0 Å². The summed E-state index contributed by atoms with van der Waals surface area (Å²) >= 11 is 1.94. The molecule has 4 aromatic heterocycles. The molecule has 0 spiro atoms. The molecule has 0 saturated carbocycles. The molecular formula is C63H105N11O5S3. The van der Waals surface area contributed by atoms with Gasteiger partial charge in [0, 0.05) is 118 Å². The van der Waals surface area contributed by atoms with E-state index in [2.05, 4.69) is 157 Å². The Labute approximate surface area is 500 Å². The van der Waals surface area contributed by atoms with Crippen LogP contribution in [0.1, 0.15) is 188 Å². The van der Waals surface area contributed by atoms with E-state index in [9.17, 15) is 21.6 Å². The zero-order valence-electron chi connectivity index (χ0n) is 53.3. The lowest BCUT2D eigenvalue weighted by Crippen LogP contribution is -2.37. The molecule has 0 bridgehead atoms. The van der Waals surface area contributed by atoms with Crippen LogP contribution in [0, 0.1) is 17.8 Å². The first-order valence-corrected chi connectivity index (χ1v) is 35.2. The second-order valence-corrected chi connectivity index (χ2v) is 32.9. The maximum atomic E-state index is 11.6. The fourth-order valence-corrected chi connectivity index (χ4v) is 12.1. The van der Waals surface area contributed by atoms with Crippen molar-refractivity contribution in [3.63, 3.8) is 0 Å². The summed E-state index contributed by atoms with van der Waals surface area (Å²) in [6.07, 6.45) is 19.1. The monoisotopic (exact) mass is 1190 g/mol. The van der Waals surface area contributed by atoms with Crippen LogP contribution in [0.5, 0.6) is 0 Å². The van der Waals surface area contributed by atoms with Crippen LogP contribution >= 0.6 is 11.8 Å². The minimum atomic E-state index is -2.87. The van der Waals surface area contributed by atoms with Gasteiger partial charge in [-0.15, -0.1) is 0 Å². The van der Waals surface area contributed by atoms with Gasteiger partial charge in [0.1, 0.15) is 35.1 Å². The zero-order valence-corrected chi connectivity index (χ0v) is 55.7. The Kier molecular flexibility index (Phi) is 27.9. The molecule has 16 nitrogen and oxygen atoms in total. The second kappa shape index (κ2) is 32.5. The third-order valence-corrected chi connectivity index (χ3v) is 19.8. The Morgan fingerprint density at radius 2 is 0.841 bits per heavy atom. The molecule has 3 fully saturated rings. The van der Waals surface area contributed by atoms with Crippen molar-refractivity contribution in [3.05, 3.63) is 95.1 Å². The molecule has 19 heteroatoms. The van der Waals surface area contributed by atoms with E-state index < -0.39 is 19.7 Å². The van der Waals surface area contributed by atoms with Crippen LogP contribution in [0.25, 0.3) is 0 Å². The number of amides is 1. The average Bonchev–Trinajstić information content (AvgIpc) is 3.90. The van der Waals surface area contributed by atoms with E-state index in [1.165, 1.54) is 43.9 Å². The number of likely N-dealkylation sites (tertiary alicyclic amines) is 3. The number of aryl methyl sites for hydroxylation is 1. The minimum Gasteiger partial charge on any atom is -0.343 e. The molecule has 3 saturated heterocycles. The van der Waals surface area contributed by atoms with Crippen LogP contribution in [0.3, 0.4) is 0 Å². The molecule has 0 unspecified atom stereocenters. The van der Waals surface area contributed by atoms with Crippen molar-refractivity contribution in [2.45, 2.75) is 190 Å². The van der Waals surface area contributed by atoms with Crippen molar-refractivity contribution in [2.75, 3.05) is 87.4 Å². The molecule has 0 radical (unpaired) electrons. The Balaban J connectivity index is 0.000000236. The van der Waals surface area contributed by atoms with Gasteiger partial charge in [-0.25, -0.2) is 56.7 Å². The molecule has 1 amide bonds. The Morgan fingerprint density at radius 3 is 1.20 bits per heavy atom. The standard InChI is InChI=1S/C18H31N3O2S.C17H29N3S.C15H23N3O.C13H22N2O2S/c1-5-24(22,23)11-10-21-8-6-15(7-9-21)12-16-13-17(18(2,3)4)20-14-19-16;1-17(2,3)16-12-15(18-13-19-16)11-14-5-7-20(8-6-14)9-10-21-4;1-11(19)18-6-5-12(9-18)7-13-8-14(15(2,3)4)17-10-16-13;1-5-18(16,17)8-6-7-11-9-12(13(2,3)4)15-10-14-11/h13-15H,5-12H2,1-4H3;12-14H,5-11H2,1-4H3;8,10,12H,5-7,9H2,1-4H3;9-10H,5-8H2,1-4H3/t;;12-;/m..0./s1. The quantitative estimate of drug-likeness (QED) is 0.0911. The fourth-order valence-electron chi connectivity index (χ4n) is 9.95. The Bertz CT molecular complexity index is 2770. The Hall–Kier alpha value is -4.04. The zero-order chi connectivity index (χ0) is 60.9. The highest BCUT2D eigenvalue weighted by molar-refractivity contribution is 7.98. The molecule has 7 heterocycles. The molecule has 7 rings (SSSR count). The van der Waals surface area contributed by atoms with E-state index in [-0.39, 0.29) is 50.6 Å². The summed E-state index contributed by atoms with van der Waals surface area (Å²) in [6.45, 7) is 39.1. The molecular weight excluding hydrogens is 1090 g/mol. The van der Waals surface area contributed by atoms with Crippen molar-refractivity contribution in [1.29, 1.82) is 0 Å². The largest absolute Gasteiger partial charge is 0.343 e. The van der Waals surface area contributed by atoms with Crippen LogP contribution in [-0.4, -0.2) is 165 Å². The van der Waals surface area contributed by atoms with Gasteiger partial charge < -0.3 is 14.7 Å². The number of rotatable bonds is 18. The minimum absolute atomic E-state index is 0.00676. The van der Waals surface area contributed by atoms with Gasteiger partial charge in [0.15, 0.2) is 9.84 Å². The summed E-state index contributed by atoms with van der Waals surface area (Å²) in [4.78, 5) is 53.1. The molecule has 3 aliphatic rings. The molecule has 0 aliphatic carbocycles. The lowest BCUT2D eigenvalue weighted by atomic mass is 9.89. The van der Waals surface area contributed by atoms with Gasteiger partial charge in [-0.2, -0.15) is 11.8 Å². The number of aromatic nitrogens is 8. The van der Waals surface area contributed by atoms with Crippen LogP contribution in [0.15, 0.2) is 49.6 Å². The van der Waals surface area contributed by atoms with Gasteiger partial charge >= 0.3 is 0 Å². The molecule has 0 N–H and O–H groups in total. The van der Waals surface area contributed by atoms with E-state index in [4.69, 9.17) is 0 Å². The van der Waals surface area contributed by atoms with E-state index in [1.807, 2.05) is 22.7 Å². The highest BCUT2D eigenvalue weighted by atomic mass is 32.2. The molecule has 1 atom stereocenters. The van der Waals surface area contributed by atoms with Crippen molar-refractivity contribution in [2.24, 2.45) is 17.8 Å². The number of sulfone groups is 2. The van der Waals surface area contributed by atoms with Gasteiger partial charge in [-0.05, 0) is 139 Å². The average molecular weight is 1190 g/mol. The van der Waals surface area contributed by atoms with Gasteiger partial charge in [-0.1, -0.05) is 96.9 Å². The maximum Gasteiger partial charge on any atom is 0.219 e. The first-order valence-electron chi connectivity index (χ1n) is 30.1. The summed E-state index contributed by atoms with van der Waals surface area (Å²) in [5.74, 6) is 4.37. The summed E-state index contributed by atoms with van der Waals surface area (Å²) < 4.78 is 46.0. The molecule has 460 valence electrons. The van der Waals surface area contributed by atoms with E-state index in [1.54, 1.807) is 46.1 Å². The van der Waals surface area contributed by atoms with Crippen molar-refractivity contribution < 1.29 is 21.6 Å². The first-order chi connectivity index (χ1) is 38.3. The van der Waals surface area contributed by atoms with Crippen molar-refractivity contribution >= 4 is 37.3 Å². The highest BCUT2D eigenvalue weighted by Gasteiger charge is 2.27. The third kappa shape index (κ3) is 26.1. The maximum absolute atomic E-state index is 11.6. The second-order valence-electron chi connectivity index (χ2n) is 26.9. The first kappa shape index (κ1) is 70.4. The molecule has 4 aromatic rings. The van der Waals surface area contributed by atoms with Crippen LogP contribution in [0.2, 0.25) is 0 Å². The topological polar surface area (TPSA) is 198 Å². The SMILES string of the molecule is CC(=O)N1CC[C@@H](Cc2cc(C(C)(C)C)ncn2)C1.CCS(=O)(=O)CCCc1cc(C(C)(C)C)ncn1.CCS(=O)(=O)CCN1CCC(Cc2cc(C(C)(C)C)ncn2)CC1.CSCCN1CCC(Cc2cc(C(C)(C)C)ncn2)CC1. The number of hydrogen-bond donors (Lipinski definition) is 0. The Morgan fingerprint density at radius 1 is 0.500 bits per heavy atom. The lowest BCUT2D eigenvalue weighted by molar-refractivity contribution is -0.127. The van der Waals surface area contributed by atoms with Crippen LogP contribution in [0.4, 0.5) is 0 Å². The highest BCUT2D eigenvalue weighted by Crippen LogP contribution is 2.28. The summed E-state index contributed by atoms with van der Waals surface area (Å²) in [5, 5.41) is 0. The summed E-state index contributed by atoms with van der Waals surface area (Å²) in [6, 6.07) is 8.43. The van der Waals surface area contributed by atoms with E-state index in [0.29, 0.717) is 31.2 Å². The smallest absolute Gasteiger partial charge is 0.219 e. The predicted molar refractivity (Wildman–Crippen MR) is 338 cm³/mol. The number of carbonyl (C=O) groups excluding carboxylic acids is 1. The van der Waals surface area contributed by atoms with Crippen LogP contribution in [-0.2, 0) is 71.8 Å². The fraction of sp³-hybridized carbons (Fsp3) is 0.730. The van der Waals surface area contributed by atoms with Gasteiger partial charge in [-0.3, -0.25) is 4.79 Å². The third-order valence-electron chi connectivity index (χ3n) is 15.7. The number of nitrogens with zero attached hydrogens (tertiary/aromatic N) is 11. The van der Waals surface area contributed by atoms with Gasteiger partial charge in [0.25, 0.3) is 0 Å². The van der Waals surface area contributed by atoms with E-state index >= 15 is 0 Å². The van der Waals surface area contributed by atoms with Gasteiger partial charge in [0.05, 0.1) is 11.5 Å². The predicted octanol–water partition coefficient (Wildman–Crippen LogP) is 10.2. The number of thioether (sulfide) groups is 1. The summed E-state index contributed by atoms with van der Waals surface area (Å²) in [5.41, 5.74) is 8.89. The van der Waals surface area contributed by atoms with Gasteiger partial charge in [0.2, 0.25) is 5.91 Å². The molecule has 82 heavy (non-hydrogen) atoms. The van der Waals surface area contributed by atoms with Crippen molar-refractivity contribution in [1.82, 2.24) is 54.6 Å². The number of hydrogen-bond acceptors (Lipinski definition) is 16. The molecule has 0 aromatic carbocycles.